The molecule has 0 N–H and O–H groups in total. The van der Waals surface area contributed by atoms with E-state index in [1.165, 1.54) is 5.69 Å². The maximum atomic E-state index is 4.41. The van der Waals surface area contributed by atoms with Crippen LogP contribution < -0.4 is 4.90 Å². The molecule has 76 valence electrons. The molecule has 2 aromatic rings. The fraction of sp³-hybridized carbons (Fsp3) is 0.273. The third-order valence-electron chi connectivity index (χ3n) is 2.68. The highest BCUT2D eigenvalue weighted by Crippen LogP contribution is 2.29. The van der Waals surface area contributed by atoms with Crippen LogP contribution in [0.3, 0.4) is 0 Å². The Hall–Kier alpha value is -1.84. The first kappa shape index (κ1) is 8.47. The van der Waals surface area contributed by atoms with Crippen molar-refractivity contribution in [1.82, 2.24) is 14.8 Å². The summed E-state index contributed by atoms with van der Waals surface area (Å²) in [4.78, 5) is 6.60. The van der Waals surface area contributed by atoms with Crippen LogP contribution in [-0.4, -0.2) is 21.8 Å². The van der Waals surface area contributed by atoms with Crippen LogP contribution in [0.25, 0.3) is 5.69 Å². The van der Waals surface area contributed by atoms with Crippen LogP contribution in [0.1, 0.15) is 11.6 Å². The minimum absolute atomic E-state index is 0.817. The zero-order valence-corrected chi connectivity index (χ0v) is 8.81. The van der Waals surface area contributed by atoms with Crippen LogP contribution >= 0.6 is 0 Å². The minimum Gasteiger partial charge on any atom is -0.365 e. The van der Waals surface area contributed by atoms with Crippen molar-refractivity contribution in [2.45, 2.75) is 13.5 Å². The average molecular weight is 200 g/mol. The first-order chi connectivity index (χ1) is 7.25. The van der Waals surface area contributed by atoms with Gasteiger partial charge < -0.3 is 4.90 Å². The molecular weight excluding hydrogens is 188 g/mol. The molecule has 0 unspecified atom stereocenters. The second kappa shape index (κ2) is 2.82. The Labute approximate surface area is 88.2 Å². The Bertz CT molecular complexity index is 515. The normalized spacial score (nSPS) is 13.6. The molecule has 0 saturated carbocycles. The highest BCUT2D eigenvalue weighted by molar-refractivity contribution is 5.64. The van der Waals surface area contributed by atoms with E-state index in [2.05, 4.69) is 34.2 Å². The van der Waals surface area contributed by atoms with Crippen LogP contribution in [0, 0.1) is 6.92 Å². The molecule has 3 rings (SSSR count). The molecule has 0 spiro atoms. The van der Waals surface area contributed by atoms with Crippen LogP contribution in [-0.2, 0) is 6.54 Å². The summed E-state index contributed by atoms with van der Waals surface area (Å²) in [6.45, 7) is 2.74. The van der Waals surface area contributed by atoms with Gasteiger partial charge >= 0.3 is 0 Å². The Morgan fingerprint density at radius 1 is 1.20 bits per heavy atom. The van der Waals surface area contributed by atoms with Gasteiger partial charge in [-0.1, -0.05) is 12.1 Å². The first-order valence-corrected chi connectivity index (χ1v) is 4.99. The van der Waals surface area contributed by atoms with E-state index in [9.17, 15) is 0 Å². The monoisotopic (exact) mass is 200 g/mol. The van der Waals surface area contributed by atoms with E-state index in [0.717, 1.165) is 23.9 Å². The van der Waals surface area contributed by atoms with E-state index >= 15 is 0 Å². The number of para-hydroxylation sites is 2. The standard InChI is InChI=1S/C11H12N4/c1-8-12-11-7-14(2)9-5-3-4-6-10(9)15(11)13-8/h3-6H,7H2,1-2H3. The van der Waals surface area contributed by atoms with Crippen LogP contribution in [0.2, 0.25) is 0 Å². The first-order valence-electron chi connectivity index (χ1n) is 4.99. The van der Waals surface area contributed by atoms with Gasteiger partial charge in [-0.2, -0.15) is 5.10 Å². The molecule has 0 amide bonds. The Kier molecular flexibility index (Phi) is 1.59. The third kappa shape index (κ3) is 1.14. The molecule has 1 aliphatic heterocycles. The van der Waals surface area contributed by atoms with Crippen LogP contribution in [0.15, 0.2) is 24.3 Å². The molecule has 0 radical (unpaired) electrons. The second-order valence-electron chi connectivity index (χ2n) is 3.83. The van der Waals surface area contributed by atoms with E-state index in [0.29, 0.717) is 0 Å². The Morgan fingerprint density at radius 3 is 2.73 bits per heavy atom. The van der Waals surface area contributed by atoms with E-state index in [1.807, 2.05) is 23.7 Å². The number of fused-ring (bicyclic) bond motifs is 3. The molecule has 0 atom stereocenters. The predicted molar refractivity (Wildman–Crippen MR) is 58.2 cm³/mol. The predicted octanol–water partition coefficient (Wildman–Crippen LogP) is 1.53. The van der Waals surface area contributed by atoms with Gasteiger partial charge in [0, 0.05) is 7.05 Å². The van der Waals surface area contributed by atoms with E-state index in [4.69, 9.17) is 0 Å². The van der Waals surface area contributed by atoms with Gasteiger partial charge in [0.1, 0.15) is 5.82 Å². The lowest BCUT2D eigenvalue weighted by atomic mass is 10.2. The number of nitrogens with zero attached hydrogens (tertiary/aromatic N) is 4. The maximum Gasteiger partial charge on any atom is 0.152 e. The summed E-state index contributed by atoms with van der Waals surface area (Å²) in [6.07, 6.45) is 0. The second-order valence-corrected chi connectivity index (χ2v) is 3.83. The van der Waals surface area contributed by atoms with Gasteiger partial charge in [-0.25, -0.2) is 9.67 Å². The smallest absolute Gasteiger partial charge is 0.152 e. The van der Waals surface area contributed by atoms with Gasteiger partial charge in [-0.15, -0.1) is 0 Å². The minimum atomic E-state index is 0.817. The molecule has 15 heavy (non-hydrogen) atoms. The lowest BCUT2D eigenvalue weighted by Gasteiger charge is -2.26. The highest BCUT2D eigenvalue weighted by atomic mass is 15.4. The van der Waals surface area contributed by atoms with Gasteiger partial charge in [-0.05, 0) is 19.1 Å². The molecule has 4 nitrogen and oxygen atoms in total. The number of anilines is 1. The van der Waals surface area contributed by atoms with Crippen LogP contribution in [0.5, 0.6) is 0 Å². The number of rotatable bonds is 0. The lowest BCUT2D eigenvalue weighted by Crippen LogP contribution is -2.26. The van der Waals surface area contributed by atoms with E-state index < -0.39 is 0 Å². The van der Waals surface area contributed by atoms with Gasteiger partial charge in [-0.3, -0.25) is 0 Å². The molecule has 4 heteroatoms. The summed E-state index contributed by atoms with van der Waals surface area (Å²) < 4.78 is 1.94. The van der Waals surface area contributed by atoms with Crippen molar-refractivity contribution in [2.75, 3.05) is 11.9 Å². The molecule has 2 heterocycles. The zero-order valence-electron chi connectivity index (χ0n) is 8.81. The van der Waals surface area contributed by atoms with E-state index in [1.54, 1.807) is 0 Å². The number of benzene rings is 1. The maximum absolute atomic E-state index is 4.41. The van der Waals surface area contributed by atoms with Crippen molar-refractivity contribution in [3.05, 3.63) is 35.9 Å². The van der Waals surface area contributed by atoms with Gasteiger partial charge in [0.15, 0.2) is 5.82 Å². The summed E-state index contributed by atoms with van der Waals surface area (Å²) in [5.74, 6) is 1.84. The SMILES string of the molecule is Cc1nc2n(n1)-c1ccccc1N(C)C2. The van der Waals surface area contributed by atoms with Crippen LogP contribution in [0.4, 0.5) is 5.69 Å². The van der Waals surface area contributed by atoms with Crippen molar-refractivity contribution in [3.63, 3.8) is 0 Å². The van der Waals surface area contributed by atoms with Crippen molar-refractivity contribution < 1.29 is 0 Å². The third-order valence-corrected chi connectivity index (χ3v) is 2.68. The Balaban J connectivity index is 2.29. The number of aromatic nitrogens is 3. The topological polar surface area (TPSA) is 34.0 Å². The van der Waals surface area contributed by atoms with Crippen molar-refractivity contribution in [2.24, 2.45) is 0 Å². The van der Waals surface area contributed by atoms with Crippen molar-refractivity contribution in [1.29, 1.82) is 0 Å². The summed E-state index contributed by atoms with van der Waals surface area (Å²) in [6, 6.07) is 8.25. The summed E-state index contributed by atoms with van der Waals surface area (Å²) in [5, 5.41) is 4.41. The number of aryl methyl sites for hydroxylation is 1. The molecule has 1 aromatic heterocycles. The highest BCUT2D eigenvalue weighted by Gasteiger charge is 2.21. The quantitative estimate of drug-likeness (QED) is 0.646. The molecule has 0 aliphatic carbocycles. The summed E-state index contributed by atoms with van der Waals surface area (Å²) in [5.41, 5.74) is 2.32. The largest absolute Gasteiger partial charge is 0.365 e. The molecule has 0 bridgehead atoms. The summed E-state index contributed by atoms with van der Waals surface area (Å²) >= 11 is 0. The fourth-order valence-corrected chi connectivity index (χ4v) is 2.02. The number of hydrogen-bond acceptors (Lipinski definition) is 3. The molecule has 0 saturated heterocycles. The molecule has 1 aliphatic rings. The van der Waals surface area contributed by atoms with Gasteiger partial charge in [0.2, 0.25) is 0 Å². The zero-order chi connectivity index (χ0) is 10.4. The fourth-order valence-electron chi connectivity index (χ4n) is 2.02. The number of hydrogen-bond donors (Lipinski definition) is 0. The van der Waals surface area contributed by atoms with E-state index in [-0.39, 0.29) is 0 Å². The van der Waals surface area contributed by atoms with Crippen molar-refractivity contribution in [3.8, 4) is 5.69 Å². The van der Waals surface area contributed by atoms with Gasteiger partial charge in [0.25, 0.3) is 0 Å². The lowest BCUT2D eigenvalue weighted by molar-refractivity contribution is 0.724. The Morgan fingerprint density at radius 2 is 1.93 bits per heavy atom. The average Bonchev–Trinajstić information content (AvgIpc) is 2.59. The molecule has 0 fully saturated rings. The molecule has 1 aromatic carbocycles. The van der Waals surface area contributed by atoms with Gasteiger partial charge in [0.05, 0.1) is 17.9 Å². The molecular formula is C11H12N4. The van der Waals surface area contributed by atoms with Crippen molar-refractivity contribution >= 4 is 5.69 Å². The summed E-state index contributed by atoms with van der Waals surface area (Å²) in [7, 11) is 2.08.